The molecule has 2 aromatic carbocycles. The second kappa shape index (κ2) is 11.3. The van der Waals surface area contributed by atoms with Crippen LogP contribution in [-0.4, -0.2) is 42.4 Å². The van der Waals surface area contributed by atoms with Crippen LogP contribution in [-0.2, 0) is 36.6 Å². The highest BCUT2D eigenvalue weighted by molar-refractivity contribution is 9.10. The maximum Gasteiger partial charge on any atom is 0.409 e. The number of esters is 2. The molecule has 1 aliphatic heterocycles. The molecule has 0 spiro atoms. The summed E-state index contributed by atoms with van der Waals surface area (Å²) < 4.78 is 22.7. The zero-order chi connectivity index (χ0) is 26.5. The molecule has 0 radical (unpaired) electrons. The van der Waals surface area contributed by atoms with Gasteiger partial charge in [-0.05, 0) is 82.9 Å². The number of alkyl carbamates (subject to hydrolysis) is 1. The van der Waals surface area contributed by atoms with Crippen molar-refractivity contribution in [1.82, 2.24) is 5.32 Å². The van der Waals surface area contributed by atoms with Crippen LogP contribution in [0.2, 0.25) is 0 Å². The van der Waals surface area contributed by atoms with Crippen molar-refractivity contribution in [1.29, 1.82) is 0 Å². The van der Waals surface area contributed by atoms with Gasteiger partial charge in [0.2, 0.25) is 5.54 Å². The lowest BCUT2D eigenvalue weighted by atomic mass is 9.89. The number of fused-ring (bicyclic) bond motifs is 2. The lowest BCUT2D eigenvalue weighted by molar-refractivity contribution is -0.166. The summed E-state index contributed by atoms with van der Waals surface area (Å²) in [6.45, 7) is 8.38. The molecule has 0 atom stereocenters. The van der Waals surface area contributed by atoms with Crippen molar-refractivity contribution in [2.75, 3.05) is 13.2 Å². The number of halogens is 1. The second-order valence-corrected chi connectivity index (χ2v) is 10.4. The molecule has 0 bridgehead atoms. The minimum absolute atomic E-state index is 0.0289. The molecule has 0 aromatic heterocycles. The van der Waals surface area contributed by atoms with E-state index in [1.807, 2.05) is 36.4 Å². The van der Waals surface area contributed by atoms with Gasteiger partial charge in [-0.15, -0.1) is 0 Å². The van der Waals surface area contributed by atoms with Gasteiger partial charge in [0, 0.05) is 16.5 Å². The molecule has 1 heterocycles. The van der Waals surface area contributed by atoms with Crippen LogP contribution in [0.1, 0.15) is 57.7 Å². The van der Waals surface area contributed by atoms with Crippen molar-refractivity contribution in [3.05, 3.63) is 57.6 Å². The quantitative estimate of drug-likeness (QED) is 0.221. The summed E-state index contributed by atoms with van der Waals surface area (Å²) in [5, 5.41) is 2.47. The van der Waals surface area contributed by atoms with Gasteiger partial charge in [-0.2, -0.15) is 0 Å². The highest BCUT2D eigenvalue weighted by Gasteiger charge is 2.51. The molecule has 0 aliphatic carbocycles. The van der Waals surface area contributed by atoms with Crippen LogP contribution < -0.4 is 10.1 Å². The maximum absolute atomic E-state index is 13.1. The zero-order valence-electron chi connectivity index (χ0n) is 21.2. The number of hydrogen-bond donors (Lipinski definition) is 1. The second-order valence-electron chi connectivity index (χ2n) is 9.45. The predicted molar refractivity (Wildman–Crippen MR) is 137 cm³/mol. The number of carbonyl (C=O) groups is 3. The number of benzene rings is 2. The smallest absolute Gasteiger partial charge is 0.409 e. The van der Waals surface area contributed by atoms with E-state index in [0.717, 1.165) is 32.7 Å². The Kier molecular flexibility index (Phi) is 8.66. The molecule has 0 saturated heterocycles. The summed E-state index contributed by atoms with van der Waals surface area (Å²) >= 11 is 3.49. The Morgan fingerprint density at radius 3 is 2.11 bits per heavy atom. The van der Waals surface area contributed by atoms with Gasteiger partial charge in [0.1, 0.15) is 17.1 Å². The average molecular weight is 562 g/mol. The molecule has 1 aliphatic rings. The van der Waals surface area contributed by atoms with E-state index in [4.69, 9.17) is 18.9 Å². The van der Waals surface area contributed by atoms with Crippen molar-refractivity contribution in [2.45, 2.75) is 65.0 Å². The van der Waals surface area contributed by atoms with Gasteiger partial charge < -0.3 is 18.9 Å². The minimum Gasteiger partial charge on any atom is -0.464 e. The van der Waals surface area contributed by atoms with E-state index >= 15 is 0 Å². The average Bonchev–Trinajstić information content (AvgIpc) is 2.79. The van der Waals surface area contributed by atoms with Crippen molar-refractivity contribution < 1.29 is 33.3 Å². The molecule has 1 N–H and O–H groups in total. The highest BCUT2D eigenvalue weighted by Crippen LogP contribution is 2.38. The first-order valence-corrected chi connectivity index (χ1v) is 12.7. The number of nitrogens with one attached hydrogen (secondary N) is 1. The molecule has 0 saturated carbocycles. The Hall–Kier alpha value is -3.07. The van der Waals surface area contributed by atoms with Gasteiger partial charge in [-0.1, -0.05) is 28.1 Å². The van der Waals surface area contributed by atoms with E-state index in [1.165, 1.54) is 0 Å². The van der Waals surface area contributed by atoms with Crippen LogP contribution in [0.4, 0.5) is 4.79 Å². The van der Waals surface area contributed by atoms with Gasteiger partial charge in [0.05, 0.1) is 13.2 Å². The Bertz CT molecular complexity index is 1120. The van der Waals surface area contributed by atoms with Gasteiger partial charge in [0.25, 0.3) is 0 Å². The van der Waals surface area contributed by atoms with Crippen LogP contribution in [0.25, 0.3) is 0 Å². The summed E-state index contributed by atoms with van der Waals surface area (Å²) in [4.78, 5) is 38.8. The fourth-order valence-corrected chi connectivity index (χ4v) is 4.31. The van der Waals surface area contributed by atoms with Crippen molar-refractivity contribution in [2.24, 2.45) is 0 Å². The standard InChI is InChI=1S/C27H32BrNO7/c1-6-33-23(30)27(24(31)34-7-2,29-25(32)36-26(3,4)5)13-12-17-8-10-21-18(14-17)15-19-16-20(28)9-11-22(19)35-21/h8-11,14,16H,6-7,12-13,15H2,1-5H3,(H,29,32). The van der Waals surface area contributed by atoms with E-state index in [2.05, 4.69) is 21.2 Å². The fraction of sp³-hybridized carbons (Fsp3) is 0.444. The van der Waals surface area contributed by atoms with Gasteiger partial charge >= 0.3 is 18.0 Å². The molecule has 9 heteroatoms. The molecule has 0 fully saturated rings. The third-order valence-electron chi connectivity index (χ3n) is 5.50. The van der Waals surface area contributed by atoms with Crippen molar-refractivity contribution >= 4 is 34.0 Å². The molecule has 2 aromatic rings. The number of aryl methyl sites for hydroxylation is 1. The zero-order valence-corrected chi connectivity index (χ0v) is 22.8. The van der Waals surface area contributed by atoms with E-state index in [1.54, 1.807) is 34.6 Å². The highest BCUT2D eigenvalue weighted by atomic mass is 79.9. The molecule has 194 valence electrons. The number of hydrogen-bond acceptors (Lipinski definition) is 7. The summed E-state index contributed by atoms with van der Waals surface area (Å²) in [6.07, 6.45) is -0.0307. The van der Waals surface area contributed by atoms with Crippen molar-refractivity contribution in [3.63, 3.8) is 0 Å². The topological polar surface area (TPSA) is 100 Å². The van der Waals surface area contributed by atoms with E-state index in [9.17, 15) is 14.4 Å². The van der Waals surface area contributed by atoms with Gasteiger partial charge in [-0.3, -0.25) is 5.32 Å². The molecule has 1 amide bonds. The molecule has 3 rings (SSSR count). The van der Waals surface area contributed by atoms with Gasteiger partial charge in [0.15, 0.2) is 0 Å². The van der Waals surface area contributed by atoms with E-state index < -0.39 is 29.2 Å². The summed E-state index contributed by atoms with van der Waals surface area (Å²) in [5.41, 5.74) is 0.00469. The summed E-state index contributed by atoms with van der Waals surface area (Å²) in [6, 6.07) is 11.6. The van der Waals surface area contributed by atoms with E-state index in [0.29, 0.717) is 6.42 Å². The van der Waals surface area contributed by atoms with Crippen LogP contribution in [0, 0.1) is 0 Å². The van der Waals surface area contributed by atoms with Crippen LogP contribution in [0.3, 0.4) is 0 Å². The Balaban J connectivity index is 1.88. The van der Waals surface area contributed by atoms with Crippen molar-refractivity contribution in [3.8, 4) is 11.5 Å². The largest absolute Gasteiger partial charge is 0.464 e. The molecular formula is C27H32BrNO7. The Morgan fingerprint density at radius 1 is 0.944 bits per heavy atom. The SMILES string of the molecule is CCOC(=O)C(CCc1ccc2c(c1)Cc1cc(Br)ccc1O2)(NC(=O)OC(C)(C)C)C(=O)OCC. The first-order valence-electron chi connectivity index (χ1n) is 11.9. The Labute approximate surface area is 219 Å². The lowest BCUT2D eigenvalue weighted by Crippen LogP contribution is -2.62. The normalized spacial score (nSPS) is 12.5. The first-order chi connectivity index (χ1) is 17.0. The predicted octanol–water partition coefficient (Wildman–Crippen LogP) is 5.47. The number of carbonyl (C=O) groups excluding carboxylic acids is 3. The number of ether oxygens (including phenoxy) is 4. The van der Waals surface area contributed by atoms with Crippen LogP contribution >= 0.6 is 15.9 Å². The molecular weight excluding hydrogens is 530 g/mol. The number of amides is 1. The van der Waals surface area contributed by atoms with Crippen LogP contribution in [0.15, 0.2) is 40.9 Å². The van der Waals surface area contributed by atoms with Gasteiger partial charge in [-0.25, -0.2) is 14.4 Å². The fourth-order valence-electron chi connectivity index (χ4n) is 3.91. The van der Waals surface area contributed by atoms with E-state index in [-0.39, 0.29) is 26.1 Å². The Morgan fingerprint density at radius 2 is 1.53 bits per heavy atom. The summed E-state index contributed by atoms with van der Waals surface area (Å²) in [5.74, 6) is -0.227. The minimum atomic E-state index is -2.06. The third kappa shape index (κ3) is 6.57. The molecule has 0 unspecified atom stereocenters. The molecule has 36 heavy (non-hydrogen) atoms. The monoisotopic (exact) mass is 561 g/mol. The number of rotatable bonds is 8. The molecule has 8 nitrogen and oxygen atoms in total. The maximum atomic E-state index is 13.1. The first kappa shape index (κ1) is 27.5. The van der Waals surface area contributed by atoms with Crippen LogP contribution in [0.5, 0.6) is 11.5 Å². The lowest BCUT2D eigenvalue weighted by Gasteiger charge is -2.31. The summed E-state index contributed by atoms with van der Waals surface area (Å²) in [7, 11) is 0. The third-order valence-corrected chi connectivity index (χ3v) is 5.99.